The van der Waals surface area contributed by atoms with E-state index in [1.807, 2.05) is 25.1 Å². The van der Waals surface area contributed by atoms with Crippen molar-refractivity contribution in [3.63, 3.8) is 0 Å². The molecule has 2 rings (SSSR count). The molecule has 2 N–H and O–H groups in total. The summed E-state index contributed by atoms with van der Waals surface area (Å²) in [6.07, 6.45) is 1.91. The van der Waals surface area contributed by atoms with E-state index in [0.717, 1.165) is 24.2 Å². The summed E-state index contributed by atoms with van der Waals surface area (Å²) < 4.78 is 18.5. The molecule has 2 aromatic rings. The largest absolute Gasteiger partial charge is 0.489 e. The van der Waals surface area contributed by atoms with E-state index >= 15 is 0 Å². The highest BCUT2D eigenvalue weighted by Gasteiger charge is 2.01. The Balaban J connectivity index is 1.92. The van der Waals surface area contributed by atoms with Crippen LogP contribution in [0.4, 0.5) is 4.39 Å². The fourth-order valence-electron chi connectivity index (χ4n) is 1.93. The Labute approximate surface area is 119 Å². The minimum Gasteiger partial charge on any atom is -0.489 e. The van der Waals surface area contributed by atoms with Crippen LogP contribution in [0.15, 0.2) is 48.5 Å². The van der Waals surface area contributed by atoms with Gasteiger partial charge < -0.3 is 10.5 Å². The average molecular weight is 273 g/mol. The highest BCUT2D eigenvalue weighted by Crippen LogP contribution is 2.16. The first kappa shape index (κ1) is 14.5. The molecule has 0 aliphatic rings. The van der Waals surface area contributed by atoms with Crippen LogP contribution in [0.3, 0.4) is 0 Å². The molecular formula is C17H20FNO. The number of hydrogen-bond donors (Lipinski definition) is 1. The number of hydrogen-bond acceptors (Lipinski definition) is 2. The third-order valence-corrected chi connectivity index (χ3v) is 3.11. The summed E-state index contributed by atoms with van der Waals surface area (Å²) in [4.78, 5) is 0. The van der Waals surface area contributed by atoms with Crippen LogP contribution in [0.25, 0.3) is 0 Å². The number of nitrogens with two attached hydrogens (primary N) is 1. The van der Waals surface area contributed by atoms with Gasteiger partial charge in [-0.3, -0.25) is 0 Å². The molecule has 106 valence electrons. The number of ether oxygens (including phenoxy) is 1. The second-order valence-corrected chi connectivity index (χ2v) is 5.08. The second kappa shape index (κ2) is 7.06. The van der Waals surface area contributed by atoms with Crippen molar-refractivity contribution < 1.29 is 9.13 Å². The molecule has 2 aromatic carbocycles. The van der Waals surface area contributed by atoms with Gasteiger partial charge in [0.05, 0.1) is 0 Å². The molecule has 0 bridgehead atoms. The van der Waals surface area contributed by atoms with Gasteiger partial charge >= 0.3 is 0 Å². The Hall–Kier alpha value is -1.87. The third-order valence-electron chi connectivity index (χ3n) is 3.11. The first-order valence-electron chi connectivity index (χ1n) is 6.85. The third kappa shape index (κ3) is 4.67. The van der Waals surface area contributed by atoms with E-state index in [9.17, 15) is 4.39 Å². The minimum atomic E-state index is -0.230. The first-order chi connectivity index (χ1) is 9.63. The summed E-state index contributed by atoms with van der Waals surface area (Å²) in [5, 5.41) is 0. The van der Waals surface area contributed by atoms with Crippen molar-refractivity contribution in [2.45, 2.75) is 32.4 Å². The summed E-state index contributed by atoms with van der Waals surface area (Å²) in [7, 11) is 0. The molecule has 0 aliphatic carbocycles. The summed E-state index contributed by atoms with van der Waals surface area (Å²) >= 11 is 0. The van der Waals surface area contributed by atoms with Crippen molar-refractivity contribution in [3.05, 3.63) is 65.5 Å². The van der Waals surface area contributed by atoms with Gasteiger partial charge in [0.2, 0.25) is 0 Å². The number of benzene rings is 2. The maximum Gasteiger partial charge on any atom is 0.123 e. The molecule has 0 spiro atoms. The molecule has 0 saturated carbocycles. The molecule has 1 unspecified atom stereocenters. The van der Waals surface area contributed by atoms with Crippen molar-refractivity contribution in [2.24, 2.45) is 5.73 Å². The van der Waals surface area contributed by atoms with Crippen molar-refractivity contribution in [2.75, 3.05) is 0 Å². The maximum atomic E-state index is 12.8. The highest BCUT2D eigenvalue weighted by atomic mass is 19.1. The Kier molecular flexibility index (Phi) is 5.13. The molecule has 3 heteroatoms. The van der Waals surface area contributed by atoms with Crippen molar-refractivity contribution in [1.82, 2.24) is 0 Å². The van der Waals surface area contributed by atoms with Gasteiger partial charge in [-0.05, 0) is 55.2 Å². The molecule has 0 aliphatic heterocycles. The standard InChI is InChI=1S/C17H20FNO/c1-13(19)5-6-14-3-2-4-17(11-14)20-12-15-7-9-16(18)10-8-15/h2-4,7-11,13H,5-6,12,19H2,1H3. The normalized spacial score (nSPS) is 12.2. The van der Waals surface area contributed by atoms with Gasteiger partial charge in [0.25, 0.3) is 0 Å². The summed E-state index contributed by atoms with van der Waals surface area (Å²) in [5.41, 5.74) is 7.94. The van der Waals surface area contributed by atoms with Crippen molar-refractivity contribution in [1.29, 1.82) is 0 Å². The Morgan fingerprint density at radius 3 is 2.55 bits per heavy atom. The minimum absolute atomic E-state index is 0.207. The first-order valence-corrected chi connectivity index (χ1v) is 6.85. The fraction of sp³-hybridized carbons (Fsp3) is 0.294. The summed E-state index contributed by atoms with van der Waals surface area (Å²) in [6.45, 7) is 2.45. The van der Waals surface area contributed by atoms with Gasteiger partial charge in [0.15, 0.2) is 0 Å². The molecule has 0 saturated heterocycles. The van der Waals surface area contributed by atoms with Crippen LogP contribution >= 0.6 is 0 Å². The summed E-state index contributed by atoms with van der Waals surface area (Å²) in [6, 6.07) is 14.6. The van der Waals surface area contributed by atoms with E-state index in [1.165, 1.54) is 17.7 Å². The lowest BCUT2D eigenvalue weighted by molar-refractivity contribution is 0.305. The smallest absolute Gasteiger partial charge is 0.123 e. The molecule has 0 radical (unpaired) electrons. The van der Waals surface area contributed by atoms with Crippen molar-refractivity contribution in [3.8, 4) is 5.75 Å². The number of rotatable bonds is 6. The zero-order valence-corrected chi connectivity index (χ0v) is 11.7. The lowest BCUT2D eigenvalue weighted by Crippen LogP contribution is -2.15. The maximum absolute atomic E-state index is 12.8. The number of aryl methyl sites for hydroxylation is 1. The molecule has 0 fully saturated rings. The Morgan fingerprint density at radius 1 is 1.10 bits per heavy atom. The van der Waals surface area contributed by atoms with Gasteiger partial charge in [-0.2, -0.15) is 0 Å². The molecule has 20 heavy (non-hydrogen) atoms. The molecular weight excluding hydrogens is 253 g/mol. The van der Waals surface area contributed by atoms with Gasteiger partial charge in [-0.15, -0.1) is 0 Å². The van der Waals surface area contributed by atoms with E-state index in [4.69, 9.17) is 10.5 Å². The Morgan fingerprint density at radius 2 is 1.85 bits per heavy atom. The molecule has 2 nitrogen and oxygen atoms in total. The zero-order chi connectivity index (χ0) is 14.4. The summed E-state index contributed by atoms with van der Waals surface area (Å²) in [5.74, 6) is 0.600. The van der Waals surface area contributed by atoms with Crippen LogP contribution in [0.1, 0.15) is 24.5 Å². The topological polar surface area (TPSA) is 35.2 Å². The van der Waals surface area contributed by atoms with Crippen LogP contribution < -0.4 is 10.5 Å². The molecule has 0 amide bonds. The van der Waals surface area contributed by atoms with Crippen LogP contribution in [0.5, 0.6) is 5.75 Å². The lowest BCUT2D eigenvalue weighted by Gasteiger charge is -2.09. The zero-order valence-electron chi connectivity index (χ0n) is 11.7. The SMILES string of the molecule is CC(N)CCc1cccc(OCc2ccc(F)cc2)c1. The molecule has 0 aromatic heterocycles. The quantitative estimate of drug-likeness (QED) is 0.871. The predicted molar refractivity (Wildman–Crippen MR) is 79.1 cm³/mol. The van der Waals surface area contributed by atoms with Gasteiger partial charge in [0.1, 0.15) is 18.2 Å². The molecule has 1 atom stereocenters. The average Bonchev–Trinajstić information content (AvgIpc) is 2.45. The Bertz CT molecular complexity index is 537. The van der Waals surface area contributed by atoms with Crippen molar-refractivity contribution >= 4 is 0 Å². The predicted octanol–water partition coefficient (Wildman–Crippen LogP) is 3.68. The van der Waals surface area contributed by atoms with Gasteiger partial charge in [-0.1, -0.05) is 24.3 Å². The van der Waals surface area contributed by atoms with Gasteiger partial charge in [0, 0.05) is 6.04 Å². The van der Waals surface area contributed by atoms with Crippen LogP contribution in [-0.4, -0.2) is 6.04 Å². The fourth-order valence-corrected chi connectivity index (χ4v) is 1.93. The molecule has 0 heterocycles. The van der Waals surface area contributed by atoms with E-state index in [1.54, 1.807) is 12.1 Å². The highest BCUT2D eigenvalue weighted by molar-refractivity contribution is 5.29. The number of halogens is 1. The van der Waals surface area contributed by atoms with E-state index < -0.39 is 0 Å². The second-order valence-electron chi connectivity index (χ2n) is 5.08. The monoisotopic (exact) mass is 273 g/mol. The van der Waals surface area contributed by atoms with Gasteiger partial charge in [-0.25, -0.2) is 4.39 Å². The lowest BCUT2D eigenvalue weighted by atomic mass is 10.1. The van der Waals surface area contributed by atoms with Crippen LogP contribution in [-0.2, 0) is 13.0 Å². The van der Waals surface area contributed by atoms with E-state index in [2.05, 4.69) is 6.07 Å². The van der Waals surface area contributed by atoms with Crippen LogP contribution in [0.2, 0.25) is 0 Å². The van der Waals surface area contributed by atoms with Crippen LogP contribution in [0, 0.1) is 5.82 Å². The van der Waals surface area contributed by atoms with E-state index in [0.29, 0.717) is 6.61 Å². The van der Waals surface area contributed by atoms with E-state index in [-0.39, 0.29) is 11.9 Å².